The largest absolute Gasteiger partial charge is 0.464 e. The van der Waals surface area contributed by atoms with Crippen molar-refractivity contribution in [2.24, 2.45) is 11.8 Å². The van der Waals surface area contributed by atoms with Gasteiger partial charge in [0.05, 0.1) is 18.6 Å². The van der Waals surface area contributed by atoms with Crippen LogP contribution in [0.4, 0.5) is 0 Å². The van der Waals surface area contributed by atoms with Gasteiger partial charge in [-0.25, -0.2) is 0 Å². The summed E-state index contributed by atoms with van der Waals surface area (Å²) in [6.07, 6.45) is 22.3. The van der Waals surface area contributed by atoms with Crippen molar-refractivity contribution < 1.29 is 4.42 Å². The van der Waals surface area contributed by atoms with Crippen LogP contribution in [-0.4, -0.2) is 25.2 Å². The molecule has 39 heavy (non-hydrogen) atoms. The number of allylic oxidation sites excluding steroid dienone is 4. The molecule has 3 aromatic rings. The topological polar surface area (TPSA) is 61.3 Å². The van der Waals surface area contributed by atoms with Gasteiger partial charge in [0, 0.05) is 23.2 Å². The molecule has 0 radical (unpaired) electrons. The van der Waals surface area contributed by atoms with Crippen LogP contribution in [0.25, 0.3) is 22.5 Å². The summed E-state index contributed by atoms with van der Waals surface area (Å²) in [6.45, 7) is 2.01. The van der Waals surface area contributed by atoms with Crippen molar-refractivity contribution in [3.8, 4) is 22.5 Å². The van der Waals surface area contributed by atoms with Crippen LogP contribution in [0.1, 0.15) is 36.3 Å². The molecule has 2 saturated heterocycles. The Bertz CT molecular complexity index is 1290. The van der Waals surface area contributed by atoms with E-state index in [0.29, 0.717) is 23.9 Å². The number of benzene rings is 2. The Morgan fingerprint density at radius 1 is 0.564 bits per heavy atom. The highest BCUT2D eigenvalue weighted by Gasteiger charge is 2.27. The summed E-state index contributed by atoms with van der Waals surface area (Å²) in [5.74, 6) is 2.00. The molecule has 4 N–H and O–H groups in total. The highest BCUT2D eigenvalue weighted by molar-refractivity contribution is 5.70. The number of rotatable bonds is 4. The van der Waals surface area contributed by atoms with E-state index in [0.717, 1.165) is 48.4 Å². The zero-order chi connectivity index (χ0) is 26.0. The predicted molar refractivity (Wildman–Crippen MR) is 158 cm³/mol. The zero-order valence-corrected chi connectivity index (χ0v) is 22.1. The molecule has 2 fully saturated rings. The lowest BCUT2D eigenvalue weighted by atomic mass is 9.92. The van der Waals surface area contributed by atoms with E-state index in [1.165, 1.54) is 11.1 Å². The maximum absolute atomic E-state index is 6.02. The van der Waals surface area contributed by atoms with Gasteiger partial charge in [0.15, 0.2) is 0 Å². The second-order valence-corrected chi connectivity index (χ2v) is 11.0. The van der Waals surface area contributed by atoms with Crippen LogP contribution in [0.5, 0.6) is 0 Å². The van der Waals surface area contributed by atoms with E-state index >= 15 is 0 Å². The minimum atomic E-state index is 0.143. The molecule has 4 aliphatic rings. The monoisotopic (exact) mass is 516 g/mol. The molecule has 3 heterocycles. The summed E-state index contributed by atoms with van der Waals surface area (Å²) >= 11 is 0. The second-order valence-electron chi connectivity index (χ2n) is 11.0. The molecule has 0 spiro atoms. The smallest absolute Gasteiger partial charge is 0.134 e. The van der Waals surface area contributed by atoms with Gasteiger partial charge in [-0.1, -0.05) is 97.1 Å². The van der Waals surface area contributed by atoms with Gasteiger partial charge in [-0.05, 0) is 60.5 Å². The highest BCUT2D eigenvalue weighted by atomic mass is 16.3. The van der Waals surface area contributed by atoms with Crippen molar-refractivity contribution in [3.63, 3.8) is 0 Å². The summed E-state index contributed by atoms with van der Waals surface area (Å²) < 4.78 is 6.02. The Hall–Kier alpha value is -3.48. The highest BCUT2D eigenvalue weighted by Crippen LogP contribution is 2.31. The van der Waals surface area contributed by atoms with Gasteiger partial charge in [0.1, 0.15) is 5.76 Å². The zero-order valence-electron chi connectivity index (χ0n) is 22.1. The molecule has 198 valence electrons. The van der Waals surface area contributed by atoms with Gasteiger partial charge in [-0.3, -0.25) is 21.3 Å². The van der Waals surface area contributed by atoms with Crippen LogP contribution >= 0.6 is 0 Å². The van der Waals surface area contributed by atoms with Gasteiger partial charge in [0.2, 0.25) is 0 Å². The van der Waals surface area contributed by atoms with Crippen molar-refractivity contribution in [2.75, 3.05) is 13.1 Å². The van der Waals surface area contributed by atoms with Crippen LogP contribution in [0, 0.1) is 11.8 Å². The maximum atomic E-state index is 6.02. The fourth-order valence-corrected chi connectivity index (χ4v) is 6.28. The predicted octanol–water partition coefficient (Wildman–Crippen LogP) is 6.00. The quantitative estimate of drug-likeness (QED) is 0.343. The molecule has 0 saturated carbocycles. The van der Waals surface area contributed by atoms with E-state index < -0.39 is 0 Å². The van der Waals surface area contributed by atoms with E-state index in [1.54, 1.807) is 0 Å². The van der Waals surface area contributed by atoms with Gasteiger partial charge >= 0.3 is 0 Å². The minimum Gasteiger partial charge on any atom is -0.464 e. The molecule has 5 nitrogen and oxygen atoms in total. The van der Waals surface area contributed by atoms with Crippen molar-refractivity contribution in [3.05, 3.63) is 121 Å². The Labute approximate surface area is 230 Å². The first kappa shape index (κ1) is 24.6. The number of nitrogens with one attached hydrogen (secondary N) is 4. The van der Waals surface area contributed by atoms with E-state index in [1.807, 2.05) is 6.26 Å². The number of furan rings is 1. The third kappa shape index (κ3) is 5.23. The number of hydrogen-bond donors (Lipinski definition) is 4. The minimum absolute atomic E-state index is 0.143. The molecule has 5 heteroatoms. The van der Waals surface area contributed by atoms with Crippen LogP contribution in [-0.2, 0) is 0 Å². The van der Waals surface area contributed by atoms with Gasteiger partial charge < -0.3 is 4.42 Å². The lowest BCUT2D eigenvalue weighted by molar-refractivity contribution is 0.423. The average molecular weight is 517 g/mol. The fraction of sp³-hybridized carbons (Fsp3) is 0.294. The first-order chi connectivity index (χ1) is 19.3. The van der Waals surface area contributed by atoms with E-state index in [-0.39, 0.29) is 12.3 Å². The second kappa shape index (κ2) is 10.9. The van der Waals surface area contributed by atoms with Crippen LogP contribution in [0.15, 0.2) is 114 Å². The molecule has 2 aromatic carbocycles. The average Bonchev–Trinajstić information content (AvgIpc) is 3.24. The fourth-order valence-electron chi connectivity index (χ4n) is 6.28. The van der Waals surface area contributed by atoms with Crippen molar-refractivity contribution in [1.29, 1.82) is 0 Å². The number of fused-ring (bicyclic) bond motifs is 2. The molecular weight excluding hydrogens is 480 g/mol. The Morgan fingerprint density at radius 3 is 1.64 bits per heavy atom. The van der Waals surface area contributed by atoms with Gasteiger partial charge in [0.25, 0.3) is 0 Å². The number of hydrogen-bond acceptors (Lipinski definition) is 5. The molecule has 6 atom stereocenters. The molecule has 2 aliphatic heterocycles. The third-order valence-electron chi connectivity index (χ3n) is 8.57. The SMILES string of the molecule is C1=CC2CCNC(c3ccc(-c4coc(-c5ccc(C6NCCC7C=CC=CC7N6)cc5)c4)cc3)NC2C=C1. The summed E-state index contributed by atoms with van der Waals surface area (Å²) in [6, 6.07) is 20.5. The molecule has 6 unspecified atom stereocenters. The molecule has 1 aromatic heterocycles. The summed E-state index contributed by atoms with van der Waals surface area (Å²) in [4.78, 5) is 0. The van der Waals surface area contributed by atoms with Crippen molar-refractivity contribution in [2.45, 2.75) is 37.3 Å². The summed E-state index contributed by atoms with van der Waals surface area (Å²) in [7, 11) is 0. The molecule has 0 bridgehead atoms. The standard InChI is InChI=1S/C34H36N4O/c1-3-7-30-24(5-1)17-19-35-33(37-30)27-13-9-23(10-14-27)29-21-32(39-22-29)26-11-15-28(16-12-26)34-36-20-18-25-6-2-4-8-31(25)38-34/h1-16,21-22,24-25,30-31,33-38H,17-20H2. The van der Waals surface area contributed by atoms with E-state index in [4.69, 9.17) is 4.42 Å². The summed E-state index contributed by atoms with van der Waals surface area (Å²) in [5, 5.41) is 14.9. The van der Waals surface area contributed by atoms with Crippen molar-refractivity contribution in [1.82, 2.24) is 21.3 Å². The first-order valence-electron chi connectivity index (χ1n) is 14.3. The van der Waals surface area contributed by atoms with Gasteiger partial charge in [-0.2, -0.15) is 0 Å². The Morgan fingerprint density at radius 2 is 1.08 bits per heavy atom. The van der Waals surface area contributed by atoms with E-state index in [9.17, 15) is 0 Å². The van der Waals surface area contributed by atoms with Crippen LogP contribution in [0.2, 0.25) is 0 Å². The van der Waals surface area contributed by atoms with Crippen LogP contribution < -0.4 is 21.3 Å². The lowest BCUT2D eigenvalue weighted by Gasteiger charge is -2.26. The normalized spacial score (nSPS) is 29.8. The first-order valence-corrected chi connectivity index (χ1v) is 14.3. The van der Waals surface area contributed by atoms with Crippen molar-refractivity contribution >= 4 is 0 Å². The Kier molecular flexibility index (Phi) is 6.89. The molecule has 0 amide bonds. The molecule has 7 rings (SSSR count). The maximum Gasteiger partial charge on any atom is 0.134 e. The molecule has 2 aliphatic carbocycles. The summed E-state index contributed by atoms with van der Waals surface area (Å²) in [5.41, 5.74) is 5.85. The molecular formula is C34H36N4O. The van der Waals surface area contributed by atoms with Crippen LogP contribution in [0.3, 0.4) is 0 Å². The lowest BCUT2D eigenvalue weighted by Crippen LogP contribution is -2.39. The Balaban J connectivity index is 1.03. The van der Waals surface area contributed by atoms with Gasteiger partial charge in [-0.15, -0.1) is 0 Å². The third-order valence-corrected chi connectivity index (χ3v) is 8.57. The van der Waals surface area contributed by atoms with E-state index in [2.05, 4.69) is 124 Å².